The van der Waals surface area contributed by atoms with E-state index < -0.39 is 0 Å². The molecule has 2 rings (SSSR count). The summed E-state index contributed by atoms with van der Waals surface area (Å²) >= 11 is 7.13. The summed E-state index contributed by atoms with van der Waals surface area (Å²) in [5.74, 6) is 1.01. The first-order valence-corrected chi connectivity index (χ1v) is 9.23. The standard InChI is InChI=1S/C16H25N3OS2/c21-16(17-7-4-9-19-10-12-20-13-11-19)18-8-14-22-15-5-2-1-3-6-15/h1-3,5-6H,4,7-14H2,(H2,17,18,21). The Kier molecular flexibility index (Phi) is 8.63. The van der Waals surface area contributed by atoms with E-state index in [1.165, 1.54) is 4.90 Å². The molecule has 1 heterocycles. The molecule has 1 aromatic rings. The quantitative estimate of drug-likeness (QED) is 0.428. The molecule has 4 nitrogen and oxygen atoms in total. The van der Waals surface area contributed by atoms with Crippen LogP contribution in [0.5, 0.6) is 0 Å². The first-order chi connectivity index (χ1) is 10.8. The molecule has 0 aromatic heterocycles. The van der Waals surface area contributed by atoms with Crippen molar-refractivity contribution in [2.24, 2.45) is 0 Å². The zero-order valence-electron chi connectivity index (χ0n) is 12.9. The second-order valence-corrected chi connectivity index (χ2v) is 6.73. The van der Waals surface area contributed by atoms with Gasteiger partial charge >= 0.3 is 0 Å². The molecule has 2 N–H and O–H groups in total. The largest absolute Gasteiger partial charge is 0.379 e. The average Bonchev–Trinajstić information content (AvgIpc) is 2.57. The molecule has 1 aliphatic heterocycles. The van der Waals surface area contributed by atoms with Gasteiger partial charge in [0.15, 0.2) is 5.11 Å². The van der Waals surface area contributed by atoms with Gasteiger partial charge in [-0.1, -0.05) is 18.2 Å². The van der Waals surface area contributed by atoms with Gasteiger partial charge in [-0.2, -0.15) is 0 Å². The van der Waals surface area contributed by atoms with Crippen LogP contribution >= 0.6 is 24.0 Å². The minimum Gasteiger partial charge on any atom is -0.379 e. The van der Waals surface area contributed by atoms with Crippen molar-refractivity contribution in [3.8, 4) is 0 Å². The number of morpholine rings is 1. The van der Waals surface area contributed by atoms with E-state index >= 15 is 0 Å². The second-order valence-electron chi connectivity index (χ2n) is 5.15. The van der Waals surface area contributed by atoms with Crippen LogP contribution in [-0.2, 0) is 4.74 Å². The third-order valence-electron chi connectivity index (χ3n) is 3.44. The van der Waals surface area contributed by atoms with Crippen LogP contribution in [0.1, 0.15) is 6.42 Å². The minimum absolute atomic E-state index is 0.760. The molecule has 0 saturated carbocycles. The molecule has 122 valence electrons. The number of hydrogen-bond acceptors (Lipinski definition) is 4. The highest BCUT2D eigenvalue weighted by Crippen LogP contribution is 2.15. The molecular weight excluding hydrogens is 314 g/mol. The van der Waals surface area contributed by atoms with Crippen molar-refractivity contribution in [1.29, 1.82) is 0 Å². The van der Waals surface area contributed by atoms with Crippen LogP contribution in [-0.4, -0.2) is 61.7 Å². The van der Waals surface area contributed by atoms with Crippen molar-refractivity contribution in [2.45, 2.75) is 11.3 Å². The Morgan fingerprint density at radius 1 is 1.14 bits per heavy atom. The van der Waals surface area contributed by atoms with E-state index in [-0.39, 0.29) is 0 Å². The Labute approximate surface area is 143 Å². The van der Waals surface area contributed by atoms with E-state index in [4.69, 9.17) is 17.0 Å². The van der Waals surface area contributed by atoms with Gasteiger partial charge in [-0.15, -0.1) is 11.8 Å². The van der Waals surface area contributed by atoms with Crippen LogP contribution in [0.2, 0.25) is 0 Å². The third-order valence-corrected chi connectivity index (χ3v) is 4.74. The van der Waals surface area contributed by atoms with Crippen LogP contribution < -0.4 is 10.6 Å². The van der Waals surface area contributed by atoms with Crippen molar-refractivity contribution >= 4 is 29.1 Å². The van der Waals surface area contributed by atoms with Gasteiger partial charge in [0.25, 0.3) is 0 Å². The Morgan fingerprint density at radius 3 is 2.64 bits per heavy atom. The number of rotatable bonds is 8. The number of nitrogens with one attached hydrogen (secondary N) is 2. The summed E-state index contributed by atoms with van der Waals surface area (Å²) in [6, 6.07) is 10.4. The third kappa shape index (κ3) is 7.45. The fourth-order valence-corrected chi connectivity index (χ4v) is 3.24. The fourth-order valence-electron chi connectivity index (χ4n) is 2.24. The molecule has 0 radical (unpaired) electrons. The normalized spacial score (nSPS) is 15.5. The van der Waals surface area contributed by atoms with E-state index in [0.29, 0.717) is 0 Å². The van der Waals surface area contributed by atoms with Crippen LogP contribution in [0, 0.1) is 0 Å². The number of hydrogen-bond donors (Lipinski definition) is 2. The molecule has 1 fully saturated rings. The van der Waals surface area contributed by atoms with E-state index in [1.54, 1.807) is 0 Å². The summed E-state index contributed by atoms with van der Waals surface area (Å²) in [4.78, 5) is 3.74. The molecule has 0 spiro atoms. The molecule has 0 aliphatic carbocycles. The number of thioether (sulfide) groups is 1. The second kappa shape index (κ2) is 10.8. The van der Waals surface area contributed by atoms with Gasteiger partial charge in [0.1, 0.15) is 0 Å². The summed E-state index contributed by atoms with van der Waals surface area (Å²) in [5.41, 5.74) is 0. The number of ether oxygens (including phenoxy) is 1. The summed E-state index contributed by atoms with van der Waals surface area (Å²) in [5, 5.41) is 7.29. The van der Waals surface area contributed by atoms with Gasteiger partial charge < -0.3 is 15.4 Å². The first kappa shape index (κ1) is 17.5. The van der Waals surface area contributed by atoms with Gasteiger partial charge in [0, 0.05) is 36.8 Å². The zero-order chi connectivity index (χ0) is 15.5. The van der Waals surface area contributed by atoms with Crippen molar-refractivity contribution in [3.63, 3.8) is 0 Å². The maximum atomic E-state index is 5.34. The molecule has 6 heteroatoms. The molecular formula is C16H25N3OS2. The van der Waals surface area contributed by atoms with Gasteiger partial charge in [-0.05, 0) is 37.3 Å². The highest BCUT2D eigenvalue weighted by molar-refractivity contribution is 7.99. The Hall–Kier alpha value is -0.820. The summed E-state index contributed by atoms with van der Waals surface area (Å²) in [6.45, 7) is 6.77. The molecule has 1 saturated heterocycles. The Bertz CT molecular complexity index is 425. The monoisotopic (exact) mass is 339 g/mol. The van der Waals surface area contributed by atoms with E-state index in [1.807, 2.05) is 17.8 Å². The van der Waals surface area contributed by atoms with E-state index in [0.717, 1.165) is 63.2 Å². The summed E-state index contributed by atoms with van der Waals surface area (Å²) < 4.78 is 5.34. The first-order valence-electron chi connectivity index (χ1n) is 7.84. The molecule has 1 aromatic carbocycles. The lowest BCUT2D eigenvalue weighted by molar-refractivity contribution is 0.0376. The molecule has 0 bridgehead atoms. The zero-order valence-corrected chi connectivity index (χ0v) is 14.6. The lowest BCUT2D eigenvalue weighted by Gasteiger charge is -2.26. The topological polar surface area (TPSA) is 36.5 Å². The predicted molar refractivity (Wildman–Crippen MR) is 97.6 cm³/mol. The molecule has 0 amide bonds. The SMILES string of the molecule is S=C(NCCCN1CCOCC1)NCCSc1ccccc1. The smallest absolute Gasteiger partial charge is 0.166 e. The van der Waals surface area contributed by atoms with Gasteiger partial charge in [0.05, 0.1) is 13.2 Å². The van der Waals surface area contributed by atoms with Crippen LogP contribution in [0.25, 0.3) is 0 Å². The highest BCUT2D eigenvalue weighted by Gasteiger charge is 2.08. The summed E-state index contributed by atoms with van der Waals surface area (Å²) in [6.07, 6.45) is 1.11. The van der Waals surface area contributed by atoms with Crippen LogP contribution in [0.4, 0.5) is 0 Å². The van der Waals surface area contributed by atoms with Crippen molar-refractivity contribution in [3.05, 3.63) is 30.3 Å². The predicted octanol–water partition coefficient (Wildman–Crippen LogP) is 1.97. The summed E-state index contributed by atoms with van der Waals surface area (Å²) in [7, 11) is 0. The van der Waals surface area contributed by atoms with Gasteiger partial charge in [-0.3, -0.25) is 4.90 Å². The Morgan fingerprint density at radius 2 is 1.86 bits per heavy atom. The highest BCUT2D eigenvalue weighted by atomic mass is 32.2. The maximum absolute atomic E-state index is 5.34. The fraction of sp³-hybridized carbons (Fsp3) is 0.562. The molecule has 22 heavy (non-hydrogen) atoms. The number of nitrogens with zero attached hydrogens (tertiary/aromatic N) is 1. The molecule has 0 unspecified atom stereocenters. The number of thiocarbonyl (C=S) groups is 1. The Balaban J connectivity index is 1.44. The minimum atomic E-state index is 0.760. The van der Waals surface area contributed by atoms with Crippen LogP contribution in [0.15, 0.2) is 35.2 Å². The molecule has 1 aliphatic rings. The maximum Gasteiger partial charge on any atom is 0.166 e. The number of benzene rings is 1. The van der Waals surface area contributed by atoms with E-state index in [9.17, 15) is 0 Å². The van der Waals surface area contributed by atoms with Gasteiger partial charge in [-0.25, -0.2) is 0 Å². The molecule has 0 atom stereocenters. The van der Waals surface area contributed by atoms with Gasteiger partial charge in [0.2, 0.25) is 0 Å². The van der Waals surface area contributed by atoms with Crippen molar-refractivity contribution in [2.75, 3.05) is 51.7 Å². The van der Waals surface area contributed by atoms with E-state index in [2.05, 4.69) is 39.8 Å². The lowest BCUT2D eigenvalue weighted by Crippen LogP contribution is -2.40. The van der Waals surface area contributed by atoms with Crippen molar-refractivity contribution in [1.82, 2.24) is 15.5 Å². The average molecular weight is 340 g/mol. The van der Waals surface area contributed by atoms with Crippen LogP contribution in [0.3, 0.4) is 0 Å². The van der Waals surface area contributed by atoms with Crippen molar-refractivity contribution < 1.29 is 4.74 Å². The lowest BCUT2D eigenvalue weighted by atomic mass is 10.3.